The Labute approximate surface area is 135 Å². The molecule has 0 radical (unpaired) electrons. The molecule has 1 aromatic heterocycles. The van der Waals surface area contributed by atoms with Crippen molar-refractivity contribution in [3.8, 4) is 0 Å². The molecule has 2 atom stereocenters. The number of aromatic nitrogens is 1. The lowest BCUT2D eigenvalue weighted by Crippen LogP contribution is -2.44. The van der Waals surface area contributed by atoms with Crippen molar-refractivity contribution in [2.75, 3.05) is 13.1 Å². The van der Waals surface area contributed by atoms with E-state index >= 15 is 0 Å². The number of likely N-dealkylation sites (tertiary alicyclic amines) is 1. The van der Waals surface area contributed by atoms with Gasteiger partial charge in [0.15, 0.2) is 0 Å². The fraction of sp³-hybridized carbons (Fsp3) is 0.625. The second-order valence-corrected chi connectivity index (χ2v) is 7.61. The van der Waals surface area contributed by atoms with Crippen LogP contribution in [0.15, 0.2) is 22.8 Å². The summed E-state index contributed by atoms with van der Waals surface area (Å²) in [5.41, 5.74) is 0.656. The van der Waals surface area contributed by atoms with Gasteiger partial charge in [0.1, 0.15) is 5.60 Å². The van der Waals surface area contributed by atoms with E-state index in [2.05, 4.69) is 33.9 Å². The van der Waals surface area contributed by atoms with Crippen LogP contribution in [0.1, 0.15) is 45.7 Å². The monoisotopic (exact) mass is 354 g/mol. The standard InChI is InChI=1S/C16H23BrN2O2/c1-11-10-19(15(20)21-16(2,3)4)8-6-13(11)14-9-12(17)5-7-18-14/h5,7,9,11,13H,6,8,10H2,1-4H3. The van der Waals surface area contributed by atoms with E-state index in [0.29, 0.717) is 18.4 Å². The number of pyridine rings is 1. The van der Waals surface area contributed by atoms with E-state index < -0.39 is 5.60 Å². The molecule has 5 heteroatoms. The van der Waals surface area contributed by atoms with Gasteiger partial charge < -0.3 is 9.64 Å². The lowest BCUT2D eigenvalue weighted by molar-refractivity contribution is 0.0154. The smallest absolute Gasteiger partial charge is 0.410 e. The van der Waals surface area contributed by atoms with Gasteiger partial charge in [0, 0.05) is 35.4 Å². The second kappa shape index (κ2) is 6.34. The molecule has 21 heavy (non-hydrogen) atoms. The molecule has 1 saturated heterocycles. The first kappa shape index (κ1) is 16.3. The average Bonchev–Trinajstić information content (AvgIpc) is 2.36. The largest absolute Gasteiger partial charge is 0.444 e. The molecule has 1 aliphatic heterocycles. The van der Waals surface area contributed by atoms with Crippen LogP contribution in [0.2, 0.25) is 0 Å². The summed E-state index contributed by atoms with van der Waals surface area (Å²) in [5.74, 6) is 0.759. The Morgan fingerprint density at radius 3 is 2.76 bits per heavy atom. The predicted molar refractivity (Wildman–Crippen MR) is 86.3 cm³/mol. The maximum atomic E-state index is 12.1. The molecule has 4 nitrogen and oxygen atoms in total. The van der Waals surface area contributed by atoms with Gasteiger partial charge in [-0.2, -0.15) is 0 Å². The van der Waals surface area contributed by atoms with Crippen molar-refractivity contribution < 1.29 is 9.53 Å². The molecule has 2 heterocycles. The number of hydrogen-bond acceptors (Lipinski definition) is 3. The van der Waals surface area contributed by atoms with Gasteiger partial charge in [0.05, 0.1) is 0 Å². The highest BCUT2D eigenvalue weighted by molar-refractivity contribution is 9.10. The molecule has 2 unspecified atom stereocenters. The summed E-state index contributed by atoms with van der Waals surface area (Å²) in [5, 5.41) is 0. The van der Waals surface area contributed by atoms with Crippen molar-refractivity contribution in [2.45, 2.75) is 45.6 Å². The maximum Gasteiger partial charge on any atom is 0.410 e. The first-order chi connectivity index (χ1) is 9.76. The van der Waals surface area contributed by atoms with Crippen LogP contribution in [0.4, 0.5) is 4.79 Å². The number of carbonyl (C=O) groups excluding carboxylic acids is 1. The number of nitrogens with zero attached hydrogens (tertiary/aromatic N) is 2. The molecule has 0 aromatic carbocycles. The number of hydrogen-bond donors (Lipinski definition) is 0. The van der Waals surface area contributed by atoms with Crippen LogP contribution in [-0.4, -0.2) is 34.7 Å². The van der Waals surface area contributed by atoms with Gasteiger partial charge in [0.25, 0.3) is 0 Å². The van der Waals surface area contributed by atoms with Crippen LogP contribution in [-0.2, 0) is 4.74 Å². The molecule has 0 bridgehead atoms. The van der Waals surface area contributed by atoms with E-state index in [1.54, 1.807) is 0 Å². The van der Waals surface area contributed by atoms with Gasteiger partial charge in [-0.3, -0.25) is 4.98 Å². The van der Waals surface area contributed by atoms with Gasteiger partial charge >= 0.3 is 6.09 Å². The number of piperidine rings is 1. The van der Waals surface area contributed by atoms with E-state index in [9.17, 15) is 4.79 Å². The Balaban J connectivity index is 2.01. The zero-order valence-corrected chi connectivity index (χ0v) is 14.7. The minimum absolute atomic E-state index is 0.213. The van der Waals surface area contributed by atoms with Gasteiger partial charge in [-0.1, -0.05) is 22.9 Å². The first-order valence-electron chi connectivity index (χ1n) is 7.35. The Morgan fingerprint density at radius 1 is 1.48 bits per heavy atom. The van der Waals surface area contributed by atoms with Crippen LogP contribution < -0.4 is 0 Å². The van der Waals surface area contributed by atoms with Crippen molar-refractivity contribution in [2.24, 2.45) is 5.92 Å². The van der Waals surface area contributed by atoms with Crippen LogP contribution in [0.25, 0.3) is 0 Å². The molecule has 0 saturated carbocycles. The van der Waals surface area contributed by atoms with Crippen LogP contribution in [0, 0.1) is 5.92 Å². The lowest BCUT2D eigenvalue weighted by atomic mass is 9.84. The van der Waals surface area contributed by atoms with Crippen molar-refractivity contribution in [1.29, 1.82) is 0 Å². The average molecular weight is 355 g/mol. The third-order valence-corrected chi connectivity index (χ3v) is 4.17. The summed E-state index contributed by atoms with van der Waals surface area (Å²) >= 11 is 3.49. The van der Waals surface area contributed by atoms with Gasteiger partial charge in [-0.05, 0) is 45.2 Å². The van der Waals surface area contributed by atoms with Gasteiger partial charge in [-0.25, -0.2) is 4.79 Å². The first-order valence-corrected chi connectivity index (χ1v) is 8.15. The molecule has 116 valence electrons. The third kappa shape index (κ3) is 4.43. The molecule has 2 rings (SSSR count). The highest BCUT2D eigenvalue weighted by Gasteiger charge is 2.32. The van der Waals surface area contributed by atoms with E-state index in [1.165, 1.54) is 0 Å². The van der Waals surface area contributed by atoms with Crippen LogP contribution in [0.5, 0.6) is 0 Å². The molecule has 0 N–H and O–H groups in total. The third-order valence-electron chi connectivity index (χ3n) is 3.68. The van der Waals surface area contributed by atoms with E-state index in [1.807, 2.05) is 37.9 Å². The van der Waals surface area contributed by atoms with Gasteiger partial charge in [-0.15, -0.1) is 0 Å². The van der Waals surface area contributed by atoms with Crippen LogP contribution >= 0.6 is 15.9 Å². The van der Waals surface area contributed by atoms with Crippen molar-refractivity contribution in [3.63, 3.8) is 0 Å². The highest BCUT2D eigenvalue weighted by atomic mass is 79.9. The van der Waals surface area contributed by atoms with Gasteiger partial charge in [0.2, 0.25) is 0 Å². The molecule has 0 aliphatic carbocycles. The minimum atomic E-state index is -0.441. The summed E-state index contributed by atoms with van der Waals surface area (Å²) in [6.07, 6.45) is 2.53. The van der Waals surface area contributed by atoms with E-state index in [-0.39, 0.29) is 6.09 Å². The fourth-order valence-electron chi connectivity index (χ4n) is 2.70. The van der Waals surface area contributed by atoms with Crippen molar-refractivity contribution in [1.82, 2.24) is 9.88 Å². The van der Waals surface area contributed by atoms with Crippen molar-refractivity contribution in [3.05, 3.63) is 28.5 Å². The quantitative estimate of drug-likeness (QED) is 0.758. The molecule has 1 aromatic rings. The predicted octanol–water partition coefficient (Wildman–Crippen LogP) is 4.20. The topological polar surface area (TPSA) is 42.4 Å². The zero-order chi connectivity index (χ0) is 15.6. The molecule has 1 amide bonds. The molecule has 1 aliphatic rings. The Bertz CT molecular complexity index is 513. The van der Waals surface area contributed by atoms with Crippen LogP contribution in [0.3, 0.4) is 0 Å². The number of ether oxygens (including phenoxy) is 1. The summed E-state index contributed by atoms with van der Waals surface area (Å²) in [4.78, 5) is 18.4. The molecular weight excluding hydrogens is 332 g/mol. The maximum absolute atomic E-state index is 12.1. The Hall–Kier alpha value is -1.10. The molecule has 1 fully saturated rings. The number of amides is 1. The Morgan fingerprint density at radius 2 is 2.19 bits per heavy atom. The normalized spacial score (nSPS) is 23.0. The summed E-state index contributed by atoms with van der Waals surface area (Å²) < 4.78 is 6.50. The lowest BCUT2D eigenvalue weighted by Gasteiger charge is -2.37. The number of rotatable bonds is 1. The zero-order valence-electron chi connectivity index (χ0n) is 13.1. The highest BCUT2D eigenvalue weighted by Crippen LogP contribution is 2.33. The van der Waals surface area contributed by atoms with Crippen molar-refractivity contribution >= 4 is 22.0 Å². The summed E-state index contributed by atoms with van der Waals surface area (Å²) in [6, 6.07) is 4.01. The van der Waals surface area contributed by atoms with E-state index in [4.69, 9.17) is 4.74 Å². The number of carbonyl (C=O) groups is 1. The summed E-state index contributed by atoms with van der Waals surface area (Å²) in [6.45, 7) is 9.29. The minimum Gasteiger partial charge on any atom is -0.444 e. The second-order valence-electron chi connectivity index (χ2n) is 6.70. The Kier molecular flexibility index (Phi) is 4.91. The van der Waals surface area contributed by atoms with E-state index in [0.717, 1.165) is 23.1 Å². The molecule has 0 spiro atoms. The molecular formula is C16H23BrN2O2. The summed E-state index contributed by atoms with van der Waals surface area (Å²) in [7, 11) is 0. The fourth-order valence-corrected chi connectivity index (χ4v) is 3.05. The SMILES string of the molecule is CC1CN(C(=O)OC(C)(C)C)CCC1c1cc(Br)ccn1. The number of halogens is 1.